The first-order chi connectivity index (χ1) is 13.9. The zero-order valence-electron chi connectivity index (χ0n) is 14.9. The summed E-state index contributed by atoms with van der Waals surface area (Å²) in [5.41, 5.74) is 0.372. The number of nitrogens with one attached hydrogen (secondary N) is 1. The molecule has 1 fully saturated rings. The van der Waals surface area contributed by atoms with Gasteiger partial charge in [-0.2, -0.15) is 0 Å². The number of anilines is 2. The third-order valence-corrected chi connectivity index (χ3v) is 6.90. The molecular formula is C17H15ClN4O5S2. The summed E-state index contributed by atoms with van der Waals surface area (Å²) in [6.07, 6.45) is 1.49. The molecule has 4 rings (SSSR count). The number of imide groups is 1. The Morgan fingerprint density at radius 2 is 1.79 bits per heavy atom. The summed E-state index contributed by atoms with van der Waals surface area (Å²) < 4.78 is 32.5. The SMILES string of the molecule is O=C1C(Cl)=C(N2CCOCC2)C(=O)N1c1ccc(S(=O)(=O)Nc2nccs2)cc1. The van der Waals surface area contributed by atoms with Crippen LogP contribution in [0.4, 0.5) is 10.8 Å². The molecule has 1 aromatic heterocycles. The maximum absolute atomic E-state index is 12.9. The Morgan fingerprint density at radius 3 is 2.41 bits per heavy atom. The number of halogens is 1. The lowest BCUT2D eigenvalue weighted by molar-refractivity contribution is -0.121. The van der Waals surface area contributed by atoms with E-state index >= 15 is 0 Å². The van der Waals surface area contributed by atoms with Gasteiger partial charge in [-0.1, -0.05) is 11.6 Å². The number of sulfonamides is 1. The van der Waals surface area contributed by atoms with Gasteiger partial charge in [0.15, 0.2) is 5.13 Å². The quantitative estimate of drug-likeness (QED) is 0.683. The monoisotopic (exact) mass is 454 g/mol. The van der Waals surface area contributed by atoms with Crippen molar-refractivity contribution in [3.05, 3.63) is 46.6 Å². The van der Waals surface area contributed by atoms with Crippen molar-refractivity contribution in [3.63, 3.8) is 0 Å². The van der Waals surface area contributed by atoms with Crippen molar-refractivity contribution in [2.24, 2.45) is 0 Å². The Kier molecular flexibility index (Phi) is 5.30. The number of morpholine rings is 1. The molecular weight excluding hydrogens is 440 g/mol. The Bertz CT molecular complexity index is 1080. The minimum absolute atomic E-state index is 0.0250. The van der Waals surface area contributed by atoms with Gasteiger partial charge in [0, 0.05) is 24.7 Å². The Labute approximate surface area is 175 Å². The summed E-state index contributed by atoms with van der Waals surface area (Å²) >= 11 is 7.31. The van der Waals surface area contributed by atoms with E-state index in [-0.39, 0.29) is 26.4 Å². The molecule has 12 heteroatoms. The Balaban J connectivity index is 1.56. The fraction of sp³-hybridized carbons (Fsp3) is 0.235. The molecule has 0 spiro atoms. The van der Waals surface area contributed by atoms with Crippen LogP contribution in [0.2, 0.25) is 0 Å². The predicted molar refractivity (Wildman–Crippen MR) is 107 cm³/mol. The number of amides is 2. The van der Waals surface area contributed by atoms with Gasteiger partial charge in [0.05, 0.1) is 23.8 Å². The molecule has 2 aliphatic heterocycles. The Hall–Kier alpha value is -2.47. The number of rotatable bonds is 5. The van der Waals surface area contributed by atoms with Gasteiger partial charge in [0.2, 0.25) is 0 Å². The number of ether oxygens (including phenoxy) is 1. The van der Waals surface area contributed by atoms with Crippen LogP contribution >= 0.6 is 22.9 Å². The van der Waals surface area contributed by atoms with Crippen LogP contribution in [0.1, 0.15) is 0 Å². The van der Waals surface area contributed by atoms with E-state index in [4.69, 9.17) is 16.3 Å². The number of carbonyl (C=O) groups is 2. The van der Waals surface area contributed by atoms with Crippen molar-refractivity contribution in [3.8, 4) is 0 Å². The normalized spacial score (nSPS) is 18.0. The second-order valence-corrected chi connectivity index (χ2v) is 9.10. The highest BCUT2D eigenvalue weighted by atomic mass is 35.5. The molecule has 29 heavy (non-hydrogen) atoms. The first kappa shape index (κ1) is 19.8. The summed E-state index contributed by atoms with van der Waals surface area (Å²) in [4.78, 5) is 32.0. The minimum Gasteiger partial charge on any atom is -0.378 e. The molecule has 1 saturated heterocycles. The lowest BCUT2D eigenvalue weighted by Gasteiger charge is -2.29. The molecule has 0 saturated carbocycles. The fourth-order valence-electron chi connectivity index (χ4n) is 3.01. The average Bonchev–Trinajstić information content (AvgIpc) is 3.29. The van der Waals surface area contributed by atoms with Gasteiger partial charge < -0.3 is 9.64 Å². The van der Waals surface area contributed by atoms with Crippen LogP contribution in [-0.2, 0) is 24.3 Å². The van der Waals surface area contributed by atoms with Crippen molar-refractivity contribution >= 4 is 55.6 Å². The first-order valence-electron chi connectivity index (χ1n) is 8.52. The van der Waals surface area contributed by atoms with E-state index in [1.54, 1.807) is 10.3 Å². The minimum atomic E-state index is -3.84. The highest BCUT2D eigenvalue weighted by Gasteiger charge is 2.41. The summed E-state index contributed by atoms with van der Waals surface area (Å²) in [7, 11) is -3.84. The number of hydrogen-bond acceptors (Lipinski definition) is 8. The zero-order chi connectivity index (χ0) is 20.6. The molecule has 2 aliphatic rings. The van der Waals surface area contributed by atoms with Crippen LogP contribution in [0.25, 0.3) is 0 Å². The average molecular weight is 455 g/mol. The van der Waals surface area contributed by atoms with Crippen molar-refractivity contribution in [1.82, 2.24) is 9.88 Å². The summed E-state index contributed by atoms with van der Waals surface area (Å²) in [6, 6.07) is 5.40. The third-order valence-electron chi connectivity index (χ3n) is 4.39. The molecule has 1 aromatic carbocycles. The number of hydrogen-bond donors (Lipinski definition) is 1. The van der Waals surface area contributed by atoms with Gasteiger partial charge in [-0.15, -0.1) is 11.3 Å². The van der Waals surface area contributed by atoms with Gasteiger partial charge in [-0.05, 0) is 24.3 Å². The smallest absolute Gasteiger partial charge is 0.283 e. The maximum Gasteiger partial charge on any atom is 0.283 e. The van der Waals surface area contributed by atoms with Crippen LogP contribution in [0.3, 0.4) is 0 Å². The third kappa shape index (κ3) is 3.73. The van der Waals surface area contributed by atoms with Crippen LogP contribution in [0.5, 0.6) is 0 Å². The lowest BCUT2D eigenvalue weighted by atomic mass is 10.3. The second kappa shape index (κ2) is 7.75. The molecule has 9 nitrogen and oxygen atoms in total. The highest BCUT2D eigenvalue weighted by Crippen LogP contribution is 2.32. The highest BCUT2D eigenvalue weighted by molar-refractivity contribution is 7.93. The van der Waals surface area contributed by atoms with E-state index < -0.39 is 21.8 Å². The number of aromatic nitrogens is 1. The molecule has 1 N–H and O–H groups in total. The van der Waals surface area contributed by atoms with Crippen LogP contribution < -0.4 is 9.62 Å². The predicted octanol–water partition coefficient (Wildman–Crippen LogP) is 1.60. The first-order valence-corrected chi connectivity index (χ1v) is 11.3. The van der Waals surface area contributed by atoms with E-state index in [9.17, 15) is 18.0 Å². The van der Waals surface area contributed by atoms with Crippen molar-refractivity contribution in [1.29, 1.82) is 0 Å². The van der Waals surface area contributed by atoms with Gasteiger partial charge >= 0.3 is 0 Å². The summed E-state index contributed by atoms with van der Waals surface area (Å²) in [5.74, 6) is -1.19. The molecule has 0 radical (unpaired) electrons. The number of carbonyl (C=O) groups excluding carboxylic acids is 2. The van der Waals surface area contributed by atoms with E-state index in [0.29, 0.717) is 26.3 Å². The number of benzene rings is 1. The summed E-state index contributed by atoms with van der Waals surface area (Å²) in [5, 5.41) is 1.73. The van der Waals surface area contributed by atoms with Crippen molar-refractivity contribution in [2.45, 2.75) is 4.90 Å². The van der Waals surface area contributed by atoms with Gasteiger partial charge in [0.25, 0.3) is 21.8 Å². The maximum atomic E-state index is 12.9. The molecule has 0 unspecified atom stereocenters. The largest absolute Gasteiger partial charge is 0.378 e. The van der Waals surface area contributed by atoms with Crippen molar-refractivity contribution < 1.29 is 22.7 Å². The number of nitrogens with zero attached hydrogens (tertiary/aromatic N) is 3. The zero-order valence-corrected chi connectivity index (χ0v) is 17.3. The molecule has 0 aliphatic carbocycles. The molecule has 152 valence electrons. The van der Waals surface area contributed by atoms with Crippen molar-refractivity contribution in [2.75, 3.05) is 35.9 Å². The van der Waals surface area contributed by atoms with E-state index in [0.717, 1.165) is 16.2 Å². The Morgan fingerprint density at radius 1 is 1.10 bits per heavy atom. The molecule has 2 amide bonds. The standard InChI is InChI=1S/C17H15ClN4O5S2/c18-13-14(21-6-8-27-9-7-21)16(24)22(15(13)23)11-1-3-12(4-2-11)29(25,26)20-17-19-5-10-28-17/h1-5,10H,6-9H2,(H,19,20). The summed E-state index contributed by atoms with van der Waals surface area (Å²) in [6.45, 7) is 1.79. The van der Waals surface area contributed by atoms with Gasteiger partial charge in [-0.3, -0.25) is 14.3 Å². The van der Waals surface area contributed by atoms with Gasteiger partial charge in [-0.25, -0.2) is 18.3 Å². The van der Waals surface area contributed by atoms with E-state index in [1.807, 2.05) is 0 Å². The number of thiazole rings is 1. The second-order valence-electron chi connectivity index (χ2n) is 6.14. The lowest BCUT2D eigenvalue weighted by Crippen LogP contribution is -2.40. The van der Waals surface area contributed by atoms with Gasteiger partial charge in [0.1, 0.15) is 10.7 Å². The van der Waals surface area contributed by atoms with Crippen LogP contribution in [0, 0.1) is 0 Å². The molecule has 3 heterocycles. The van der Waals surface area contributed by atoms with E-state index in [1.165, 1.54) is 30.5 Å². The van der Waals surface area contributed by atoms with Crippen LogP contribution in [0.15, 0.2) is 51.5 Å². The van der Waals surface area contributed by atoms with E-state index in [2.05, 4.69) is 9.71 Å². The topological polar surface area (TPSA) is 109 Å². The molecule has 0 atom stereocenters. The molecule has 2 aromatic rings. The molecule has 0 bridgehead atoms. The fourth-order valence-corrected chi connectivity index (χ4v) is 5.08. The van der Waals surface area contributed by atoms with Crippen LogP contribution in [-0.4, -0.2) is 56.4 Å².